The molecule has 29 heavy (non-hydrogen) atoms. The number of nitro groups is 1. The topological polar surface area (TPSA) is 106 Å². The Bertz CT molecular complexity index is 1040. The van der Waals surface area contributed by atoms with Gasteiger partial charge in [0, 0.05) is 30.0 Å². The summed E-state index contributed by atoms with van der Waals surface area (Å²) < 4.78 is 5.13. The van der Waals surface area contributed by atoms with Gasteiger partial charge in [0.05, 0.1) is 22.7 Å². The second-order valence-corrected chi connectivity index (χ2v) is 7.15. The number of halogens is 1. The van der Waals surface area contributed by atoms with Gasteiger partial charge < -0.3 is 15.4 Å². The molecule has 0 aliphatic carbocycles. The van der Waals surface area contributed by atoms with E-state index in [9.17, 15) is 14.9 Å². The molecule has 1 aromatic heterocycles. The first-order valence-corrected chi connectivity index (χ1v) is 9.80. The van der Waals surface area contributed by atoms with Crippen molar-refractivity contribution >= 4 is 45.4 Å². The first-order chi connectivity index (χ1) is 14.0. The third kappa shape index (κ3) is 5.21. The molecular weight excluding hydrogens is 416 g/mol. The molecule has 0 radical (unpaired) electrons. The number of para-hydroxylation sites is 2. The third-order valence-corrected chi connectivity index (χ3v) is 5.02. The van der Waals surface area contributed by atoms with Crippen LogP contribution in [0.25, 0.3) is 11.3 Å². The summed E-state index contributed by atoms with van der Waals surface area (Å²) >= 11 is 7.44. The lowest BCUT2D eigenvalue weighted by Gasteiger charge is -2.06. The minimum Gasteiger partial charge on any atom is -0.495 e. The largest absolute Gasteiger partial charge is 0.495 e. The van der Waals surface area contributed by atoms with Crippen LogP contribution in [-0.4, -0.2) is 29.5 Å². The number of nitrogens with zero attached hydrogens (tertiary/aromatic N) is 2. The summed E-state index contributed by atoms with van der Waals surface area (Å²) in [6.07, 6.45) is 0.134. The Morgan fingerprint density at radius 1 is 1.31 bits per heavy atom. The van der Waals surface area contributed by atoms with Gasteiger partial charge in [0.25, 0.3) is 5.69 Å². The number of ether oxygens (including phenoxy) is 1. The van der Waals surface area contributed by atoms with Crippen molar-refractivity contribution in [1.82, 2.24) is 4.98 Å². The molecule has 0 unspecified atom stereocenters. The quantitative estimate of drug-likeness (QED) is 0.390. The highest BCUT2D eigenvalue weighted by molar-refractivity contribution is 7.14. The molecule has 0 aliphatic heterocycles. The lowest BCUT2D eigenvalue weighted by atomic mass is 10.2. The highest BCUT2D eigenvalue weighted by Crippen LogP contribution is 2.31. The summed E-state index contributed by atoms with van der Waals surface area (Å²) in [6.45, 7) is 0.253. The van der Waals surface area contributed by atoms with E-state index in [4.69, 9.17) is 16.3 Å². The summed E-state index contributed by atoms with van der Waals surface area (Å²) in [4.78, 5) is 27.1. The van der Waals surface area contributed by atoms with E-state index in [1.807, 2.05) is 11.4 Å². The van der Waals surface area contributed by atoms with Gasteiger partial charge in [-0.25, -0.2) is 4.98 Å². The number of carbonyl (C=O) groups excluding carboxylic acids is 1. The van der Waals surface area contributed by atoms with Gasteiger partial charge in [-0.1, -0.05) is 23.7 Å². The van der Waals surface area contributed by atoms with Gasteiger partial charge in [-0.05, 0) is 24.3 Å². The van der Waals surface area contributed by atoms with Crippen LogP contribution in [0.2, 0.25) is 5.02 Å². The number of anilines is 2. The number of amides is 1. The average molecular weight is 433 g/mol. The molecule has 0 atom stereocenters. The first kappa shape index (κ1) is 20.6. The zero-order valence-corrected chi connectivity index (χ0v) is 16.9. The Balaban J connectivity index is 1.56. The van der Waals surface area contributed by atoms with Crippen LogP contribution in [0.1, 0.15) is 6.42 Å². The molecule has 1 amide bonds. The summed E-state index contributed by atoms with van der Waals surface area (Å²) in [5.74, 6) is 0.329. The molecule has 150 valence electrons. The van der Waals surface area contributed by atoms with E-state index in [0.717, 1.165) is 5.56 Å². The Labute approximate surface area is 175 Å². The molecule has 10 heteroatoms. The minimum absolute atomic E-state index is 0.0318. The molecule has 2 N–H and O–H groups in total. The fraction of sp³-hybridized carbons (Fsp3) is 0.158. The number of hydrogen-bond donors (Lipinski definition) is 2. The molecule has 0 bridgehead atoms. The monoisotopic (exact) mass is 432 g/mol. The van der Waals surface area contributed by atoms with E-state index in [1.165, 1.54) is 17.4 Å². The molecule has 8 nitrogen and oxygen atoms in total. The molecule has 0 saturated carbocycles. The number of methoxy groups -OCH3 is 1. The predicted molar refractivity (Wildman–Crippen MR) is 114 cm³/mol. The molecule has 0 spiro atoms. The van der Waals surface area contributed by atoms with Crippen LogP contribution in [0, 0.1) is 10.1 Å². The Kier molecular flexibility index (Phi) is 6.63. The Morgan fingerprint density at radius 3 is 2.83 bits per heavy atom. The second-order valence-electron chi connectivity index (χ2n) is 5.89. The van der Waals surface area contributed by atoms with Gasteiger partial charge in [0.15, 0.2) is 5.13 Å². The Morgan fingerprint density at radius 2 is 2.10 bits per heavy atom. The van der Waals surface area contributed by atoms with Crippen molar-refractivity contribution in [3.05, 3.63) is 63.0 Å². The average Bonchev–Trinajstić information content (AvgIpc) is 3.16. The second kappa shape index (κ2) is 9.35. The molecule has 0 fully saturated rings. The molecule has 2 aromatic carbocycles. The van der Waals surface area contributed by atoms with E-state index >= 15 is 0 Å². The van der Waals surface area contributed by atoms with E-state index in [1.54, 1.807) is 37.4 Å². The lowest BCUT2D eigenvalue weighted by molar-refractivity contribution is -0.384. The maximum atomic E-state index is 12.1. The first-order valence-electron chi connectivity index (χ1n) is 8.54. The maximum absolute atomic E-state index is 12.1. The number of carbonyl (C=O) groups is 1. The molecular formula is C19H17ClN4O4S. The summed E-state index contributed by atoms with van der Waals surface area (Å²) in [5.41, 5.74) is 1.84. The fourth-order valence-corrected chi connectivity index (χ4v) is 3.56. The number of nitro benzene ring substituents is 1. The van der Waals surface area contributed by atoms with Crippen LogP contribution in [0.5, 0.6) is 5.75 Å². The highest BCUT2D eigenvalue weighted by Gasteiger charge is 2.13. The summed E-state index contributed by atoms with van der Waals surface area (Å²) in [7, 11) is 1.54. The van der Waals surface area contributed by atoms with Crippen LogP contribution in [0.3, 0.4) is 0 Å². The van der Waals surface area contributed by atoms with Crippen LogP contribution in [0.4, 0.5) is 16.5 Å². The maximum Gasteiger partial charge on any atom is 0.292 e. The smallest absolute Gasteiger partial charge is 0.292 e. The number of nitrogens with one attached hydrogen (secondary N) is 2. The summed E-state index contributed by atoms with van der Waals surface area (Å²) in [5, 5.41) is 19.4. The van der Waals surface area contributed by atoms with Crippen molar-refractivity contribution in [1.29, 1.82) is 0 Å². The van der Waals surface area contributed by atoms with Crippen molar-refractivity contribution in [2.75, 3.05) is 24.3 Å². The van der Waals surface area contributed by atoms with Crippen LogP contribution < -0.4 is 15.4 Å². The zero-order chi connectivity index (χ0) is 20.8. The van der Waals surface area contributed by atoms with Gasteiger partial charge in [0.1, 0.15) is 11.4 Å². The van der Waals surface area contributed by atoms with E-state index in [0.29, 0.717) is 27.3 Å². The standard InChI is InChI=1S/C19H17ClN4O4S/c1-28-17-7-6-12(10-13(17)20)15-11-29-19(22-15)23-18(25)8-9-21-14-4-2-3-5-16(14)24(26)27/h2-7,10-11,21H,8-9H2,1H3,(H,22,23,25). The fourth-order valence-electron chi connectivity index (χ4n) is 2.56. The van der Waals surface area contributed by atoms with Crippen LogP contribution in [-0.2, 0) is 4.79 Å². The van der Waals surface area contributed by atoms with Crippen LogP contribution >= 0.6 is 22.9 Å². The normalized spacial score (nSPS) is 10.4. The number of benzene rings is 2. The molecule has 0 saturated heterocycles. The SMILES string of the molecule is COc1ccc(-c2csc(NC(=O)CCNc3ccccc3[N+](=O)[O-])n2)cc1Cl. The van der Waals surface area contributed by atoms with Gasteiger partial charge in [-0.15, -0.1) is 11.3 Å². The van der Waals surface area contributed by atoms with Crippen LogP contribution in [0.15, 0.2) is 47.8 Å². The highest BCUT2D eigenvalue weighted by atomic mass is 35.5. The lowest BCUT2D eigenvalue weighted by Crippen LogP contribution is -2.16. The molecule has 3 rings (SSSR count). The predicted octanol–water partition coefficient (Wildman–Crippen LogP) is 4.82. The third-order valence-electron chi connectivity index (χ3n) is 3.97. The van der Waals surface area contributed by atoms with Crippen molar-refractivity contribution in [2.24, 2.45) is 0 Å². The van der Waals surface area contributed by atoms with Gasteiger partial charge in [-0.2, -0.15) is 0 Å². The van der Waals surface area contributed by atoms with E-state index in [-0.39, 0.29) is 24.6 Å². The van der Waals surface area contributed by atoms with Crippen molar-refractivity contribution in [2.45, 2.75) is 6.42 Å². The molecule has 1 heterocycles. The Hall–Kier alpha value is -3.17. The molecule has 0 aliphatic rings. The zero-order valence-electron chi connectivity index (χ0n) is 15.3. The number of aromatic nitrogens is 1. The van der Waals surface area contributed by atoms with Crippen molar-refractivity contribution in [3.63, 3.8) is 0 Å². The van der Waals surface area contributed by atoms with Gasteiger partial charge in [0.2, 0.25) is 5.91 Å². The number of rotatable bonds is 8. The minimum atomic E-state index is -0.467. The van der Waals surface area contributed by atoms with Gasteiger partial charge >= 0.3 is 0 Å². The van der Waals surface area contributed by atoms with E-state index in [2.05, 4.69) is 15.6 Å². The molecule has 3 aromatic rings. The van der Waals surface area contributed by atoms with Crippen molar-refractivity contribution in [3.8, 4) is 17.0 Å². The van der Waals surface area contributed by atoms with Gasteiger partial charge in [-0.3, -0.25) is 14.9 Å². The summed E-state index contributed by atoms with van der Waals surface area (Å²) in [6, 6.07) is 11.6. The van der Waals surface area contributed by atoms with Crippen molar-refractivity contribution < 1.29 is 14.5 Å². The van der Waals surface area contributed by atoms with E-state index < -0.39 is 4.92 Å². The number of hydrogen-bond acceptors (Lipinski definition) is 7. The number of thiazole rings is 1.